The van der Waals surface area contributed by atoms with Crippen LogP contribution in [0.1, 0.15) is 54.4 Å². The lowest BCUT2D eigenvalue weighted by atomic mass is 9.79. The molecular formula is C27H34N2O3. The van der Waals surface area contributed by atoms with E-state index in [9.17, 15) is 9.59 Å². The Morgan fingerprint density at radius 1 is 1.00 bits per heavy atom. The highest BCUT2D eigenvalue weighted by atomic mass is 16.5. The standard InChI is InChI=1S/C27H34N2O3/c1-32-24-11-9-21(10-12-24)26(31)22-13-17-29(18-14-22)19-25(30)28-20-27(15-5-6-16-27)23-7-3-2-4-8-23/h2-4,7-12,22H,5-6,13-20H2,1H3,(H,28,30). The second-order valence-electron chi connectivity index (χ2n) is 9.27. The van der Waals surface area contributed by atoms with Crippen LogP contribution in [0.25, 0.3) is 0 Å². The van der Waals surface area contributed by atoms with Gasteiger partial charge in [0.25, 0.3) is 0 Å². The maximum Gasteiger partial charge on any atom is 0.234 e. The quantitative estimate of drug-likeness (QED) is 0.632. The summed E-state index contributed by atoms with van der Waals surface area (Å²) in [6.45, 7) is 2.68. The molecule has 0 radical (unpaired) electrons. The first-order valence-electron chi connectivity index (χ1n) is 11.8. The lowest BCUT2D eigenvalue weighted by Gasteiger charge is -2.32. The predicted octanol–water partition coefficient (Wildman–Crippen LogP) is 4.22. The van der Waals surface area contributed by atoms with Crippen LogP contribution in [-0.4, -0.2) is 49.9 Å². The van der Waals surface area contributed by atoms with Crippen molar-refractivity contribution in [1.82, 2.24) is 10.2 Å². The van der Waals surface area contributed by atoms with Crippen molar-refractivity contribution in [3.05, 3.63) is 65.7 Å². The van der Waals surface area contributed by atoms with Crippen LogP contribution in [-0.2, 0) is 10.2 Å². The first-order chi connectivity index (χ1) is 15.6. The summed E-state index contributed by atoms with van der Waals surface area (Å²) in [6, 6.07) is 18.0. The second-order valence-corrected chi connectivity index (χ2v) is 9.27. The molecule has 1 aliphatic carbocycles. The van der Waals surface area contributed by atoms with E-state index in [0.717, 1.165) is 50.1 Å². The number of carbonyl (C=O) groups excluding carboxylic acids is 2. The van der Waals surface area contributed by atoms with Gasteiger partial charge >= 0.3 is 0 Å². The fraction of sp³-hybridized carbons (Fsp3) is 0.481. The van der Waals surface area contributed by atoms with Gasteiger partial charge in [-0.2, -0.15) is 0 Å². The van der Waals surface area contributed by atoms with Gasteiger partial charge in [0.15, 0.2) is 5.78 Å². The van der Waals surface area contributed by atoms with E-state index in [1.165, 1.54) is 18.4 Å². The third kappa shape index (κ3) is 5.21. The van der Waals surface area contributed by atoms with Crippen molar-refractivity contribution < 1.29 is 14.3 Å². The van der Waals surface area contributed by atoms with Gasteiger partial charge in [-0.3, -0.25) is 14.5 Å². The van der Waals surface area contributed by atoms with Crippen LogP contribution in [0.3, 0.4) is 0 Å². The average Bonchev–Trinajstić information content (AvgIpc) is 3.34. The lowest BCUT2D eigenvalue weighted by Crippen LogP contribution is -2.45. The van der Waals surface area contributed by atoms with Crippen molar-refractivity contribution >= 4 is 11.7 Å². The molecule has 1 saturated carbocycles. The molecule has 1 saturated heterocycles. The highest BCUT2D eigenvalue weighted by Gasteiger charge is 2.36. The van der Waals surface area contributed by atoms with Gasteiger partial charge in [0.05, 0.1) is 13.7 Å². The molecule has 2 aliphatic rings. The summed E-state index contributed by atoms with van der Waals surface area (Å²) in [5.74, 6) is 1.08. The number of ketones is 1. The highest BCUT2D eigenvalue weighted by Crippen LogP contribution is 2.40. The smallest absolute Gasteiger partial charge is 0.234 e. The maximum atomic E-state index is 12.8. The Kier molecular flexibility index (Phi) is 7.26. The molecule has 0 bridgehead atoms. The average molecular weight is 435 g/mol. The SMILES string of the molecule is COc1ccc(C(=O)C2CCN(CC(=O)NCC3(c4ccccc4)CCCC3)CC2)cc1. The zero-order valence-electron chi connectivity index (χ0n) is 19.0. The number of benzene rings is 2. The summed E-state index contributed by atoms with van der Waals surface area (Å²) in [7, 11) is 1.62. The molecule has 1 heterocycles. The third-order valence-electron chi connectivity index (χ3n) is 7.27. The Balaban J connectivity index is 1.25. The van der Waals surface area contributed by atoms with Crippen molar-refractivity contribution in [2.45, 2.75) is 43.9 Å². The highest BCUT2D eigenvalue weighted by molar-refractivity contribution is 5.98. The van der Waals surface area contributed by atoms with Gasteiger partial charge in [0.2, 0.25) is 5.91 Å². The number of likely N-dealkylation sites (tertiary alicyclic amines) is 1. The van der Waals surface area contributed by atoms with Crippen LogP contribution in [0.2, 0.25) is 0 Å². The number of Topliss-reactive ketones (excluding diaryl/α,β-unsaturated/α-hetero) is 1. The largest absolute Gasteiger partial charge is 0.497 e. The van der Waals surface area contributed by atoms with Crippen LogP contribution in [0, 0.1) is 5.92 Å². The number of methoxy groups -OCH3 is 1. The van der Waals surface area contributed by atoms with Crippen LogP contribution >= 0.6 is 0 Å². The number of nitrogens with zero attached hydrogens (tertiary/aromatic N) is 1. The number of hydrogen-bond donors (Lipinski definition) is 1. The maximum absolute atomic E-state index is 12.8. The minimum atomic E-state index is 0.0301. The van der Waals surface area contributed by atoms with E-state index >= 15 is 0 Å². The van der Waals surface area contributed by atoms with Crippen molar-refractivity contribution in [2.75, 3.05) is 33.3 Å². The van der Waals surface area contributed by atoms with Crippen LogP contribution < -0.4 is 10.1 Å². The topological polar surface area (TPSA) is 58.6 Å². The van der Waals surface area contributed by atoms with E-state index in [0.29, 0.717) is 13.1 Å². The Labute approximate surface area is 191 Å². The molecule has 0 unspecified atom stereocenters. The minimum absolute atomic E-state index is 0.0301. The summed E-state index contributed by atoms with van der Waals surface area (Å²) >= 11 is 0. The molecule has 1 aliphatic heterocycles. The fourth-order valence-corrected chi connectivity index (χ4v) is 5.28. The first-order valence-corrected chi connectivity index (χ1v) is 11.8. The third-order valence-corrected chi connectivity index (χ3v) is 7.27. The Morgan fingerprint density at radius 2 is 1.66 bits per heavy atom. The van der Waals surface area contributed by atoms with Gasteiger partial charge in [-0.15, -0.1) is 0 Å². The van der Waals surface area contributed by atoms with Gasteiger partial charge in [0, 0.05) is 23.4 Å². The molecule has 0 aromatic heterocycles. The minimum Gasteiger partial charge on any atom is -0.497 e. The summed E-state index contributed by atoms with van der Waals surface area (Å²) in [6.07, 6.45) is 6.31. The fourth-order valence-electron chi connectivity index (χ4n) is 5.28. The first kappa shape index (κ1) is 22.5. The Bertz CT molecular complexity index is 896. The molecule has 5 nitrogen and oxygen atoms in total. The molecule has 0 spiro atoms. The number of nitrogens with one attached hydrogen (secondary N) is 1. The molecule has 2 fully saturated rings. The Hall–Kier alpha value is -2.66. The molecule has 1 N–H and O–H groups in total. The van der Waals surface area contributed by atoms with Crippen molar-refractivity contribution in [1.29, 1.82) is 0 Å². The molecule has 2 aromatic rings. The monoisotopic (exact) mass is 434 g/mol. The van der Waals surface area contributed by atoms with Crippen LogP contribution in [0.15, 0.2) is 54.6 Å². The zero-order chi connectivity index (χ0) is 22.4. The van der Waals surface area contributed by atoms with Gasteiger partial charge in [-0.05, 0) is 68.6 Å². The van der Waals surface area contributed by atoms with Crippen molar-refractivity contribution in [2.24, 2.45) is 5.92 Å². The van der Waals surface area contributed by atoms with Crippen LogP contribution in [0.4, 0.5) is 0 Å². The number of piperidine rings is 1. The molecule has 1 amide bonds. The summed E-state index contributed by atoms with van der Waals surface area (Å²) in [5.41, 5.74) is 2.16. The van der Waals surface area contributed by atoms with Crippen molar-refractivity contribution in [3.63, 3.8) is 0 Å². The number of rotatable bonds is 8. The number of hydrogen-bond acceptors (Lipinski definition) is 4. The van der Waals surface area contributed by atoms with E-state index in [4.69, 9.17) is 4.74 Å². The predicted molar refractivity (Wildman–Crippen MR) is 126 cm³/mol. The summed E-state index contributed by atoms with van der Waals surface area (Å²) in [5, 5.41) is 3.22. The lowest BCUT2D eigenvalue weighted by molar-refractivity contribution is -0.122. The molecule has 32 heavy (non-hydrogen) atoms. The molecule has 4 rings (SSSR count). The number of amides is 1. The molecule has 170 valence electrons. The summed E-state index contributed by atoms with van der Waals surface area (Å²) in [4.78, 5) is 27.7. The second kappa shape index (κ2) is 10.3. The van der Waals surface area contributed by atoms with Crippen molar-refractivity contribution in [3.8, 4) is 5.75 Å². The van der Waals surface area contributed by atoms with Gasteiger partial charge in [-0.1, -0.05) is 43.2 Å². The molecule has 0 atom stereocenters. The number of carbonyl (C=O) groups is 2. The van der Waals surface area contributed by atoms with E-state index in [-0.39, 0.29) is 23.0 Å². The molecule has 5 heteroatoms. The van der Waals surface area contributed by atoms with Gasteiger partial charge in [0.1, 0.15) is 5.75 Å². The van der Waals surface area contributed by atoms with E-state index < -0.39 is 0 Å². The van der Waals surface area contributed by atoms with E-state index in [1.54, 1.807) is 7.11 Å². The number of ether oxygens (including phenoxy) is 1. The Morgan fingerprint density at radius 3 is 2.28 bits per heavy atom. The van der Waals surface area contributed by atoms with E-state index in [1.807, 2.05) is 30.3 Å². The normalized spacial score (nSPS) is 18.9. The van der Waals surface area contributed by atoms with Gasteiger partial charge < -0.3 is 10.1 Å². The zero-order valence-corrected chi connectivity index (χ0v) is 19.0. The summed E-state index contributed by atoms with van der Waals surface area (Å²) < 4.78 is 5.17. The van der Waals surface area contributed by atoms with Crippen LogP contribution in [0.5, 0.6) is 5.75 Å². The van der Waals surface area contributed by atoms with E-state index in [2.05, 4.69) is 34.5 Å². The molecular weight excluding hydrogens is 400 g/mol. The molecule has 2 aromatic carbocycles. The van der Waals surface area contributed by atoms with Gasteiger partial charge in [-0.25, -0.2) is 0 Å².